The molecular formula is C13H19NOS. The first kappa shape index (κ1) is 13.1. The smallest absolute Gasteiger partial charge is 0.227 e. The highest BCUT2D eigenvalue weighted by Crippen LogP contribution is 2.15. The van der Waals surface area contributed by atoms with Gasteiger partial charge < -0.3 is 4.90 Å². The number of rotatable bonds is 6. The van der Waals surface area contributed by atoms with Crippen LogP contribution in [-0.2, 0) is 4.79 Å². The summed E-state index contributed by atoms with van der Waals surface area (Å²) in [5.74, 6) is 0.767. The average molecular weight is 237 g/mol. The Bertz CT molecular complexity index is 313. The number of carbonyl (C=O) groups excluding carboxylic acids is 1. The third-order valence-corrected chi connectivity index (χ3v) is 2.65. The summed E-state index contributed by atoms with van der Waals surface area (Å²) in [5.41, 5.74) is 0.989. The van der Waals surface area contributed by atoms with Crippen LogP contribution >= 0.6 is 12.6 Å². The highest BCUT2D eigenvalue weighted by molar-refractivity contribution is 7.80. The molecule has 0 saturated heterocycles. The quantitative estimate of drug-likeness (QED) is 0.754. The van der Waals surface area contributed by atoms with Crippen LogP contribution in [0.5, 0.6) is 0 Å². The Hall–Kier alpha value is -0.960. The first-order valence-corrected chi connectivity index (χ1v) is 6.39. The van der Waals surface area contributed by atoms with Crippen LogP contribution < -0.4 is 4.90 Å². The predicted molar refractivity (Wildman–Crippen MR) is 72.2 cm³/mol. The van der Waals surface area contributed by atoms with Crippen LogP contribution in [-0.4, -0.2) is 18.2 Å². The fourth-order valence-electron chi connectivity index (χ4n) is 1.55. The van der Waals surface area contributed by atoms with Crippen molar-refractivity contribution in [3.63, 3.8) is 0 Å². The van der Waals surface area contributed by atoms with Gasteiger partial charge in [0.1, 0.15) is 0 Å². The second-order valence-corrected chi connectivity index (χ2v) is 4.16. The van der Waals surface area contributed by atoms with Gasteiger partial charge in [-0.15, -0.1) is 0 Å². The highest BCUT2D eigenvalue weighted by atomic mass is 32.1. The van der Waals surface area contributed by atoms with Crippen LogP contribution in [0.1, 0.15) is 26.2 Å². The zero-order chi connectivity index (χ0) is 11.8. The van der Waals surface area contributed by atoms with Gasteiger partial charge in [-0.25, -0.2) is 0 Å². The van der Waals surface area contributed by atoms with E-state index >= 15 is 0 Å². The van der Waals surface area contributed by atoms with E-state index in [0.717, 1.165) is 25.1 Å². The number of hydrogen-bond acceptors (Lipinski definition) is 2. The van der Waals surface area contributed by atoms with Crippen LogP contribution in [0.25, 0.3) is 0 Å². The van der Waals surface area contributed by atoms with Gasteiger partial charge in [-0.3, -0.25) is 4.79 Å². The standard InChI is InChI=1S/C13H19NOS/c1-2-3-10-14(13(15)9-11-16)12-7-5-4-6-8-12/h4-8,16H,2-3,9-11H2,1H3. The van der Waals surface area contributed by atoms with Crippen molar-refractivity contribution in [3.05, 3.63) is 30.3 Å². The van der Waals surface area contributed by atoms with Gasteiger partial charge in [0.15, 0.2) is 0 Å². The molecule has 0 aliphatic heterocycles. The molecular weight excluding hydrogens is 218 g/mol. The van der Waals surface area contributed by atoms with Gasteiger partial charge in [-0.05, 0) is 24.3 Å². The van der Waals surface area contributed by atoms with Gasteiger partial charge in [-0.1, -0.05) is 31.5 Å². The van der Waals surface area contributed by atoms with Crippen molar-refractivity contribution < 1.29 is 4.79 Å². The summed E-state index contributed by atoms with van der Waals surface area (Å²) in [4.78, 5) is 13.8. The largest absolute Gasteiger partial charge is 0.312 e. The fraction of sp³-hybridized carbons (Fsp3) is 0.462. The number of nitrogens with zero attached hydrogens (tertiary/aromatic N) is 1. The molecule has 0 fully saturated rings. The number of hydrogen-bond donors (Lipinski definition) is 1. The lowest BCUT2D eigenvalue weighted by Gasteiger charge is -2.22. The lowest BCUT2D eigenvalue weighted by atomic mass is 10.2. The molecule has 16 heavy (non-hydrogen) atoms. The molecule has 1 aromatic rings. The highest BCUT2D eigenvalue weighted by Gasteiger charge is 2.13. The number of benzene rings is 1. The second kappa shape index (κ2) is 7.34. The summed E-state index contributed by atoms with van der Waals surface area (Å²) < 4.78 is 0. The maximum Gasteiger partial charge on any atom is 0.227 e. The Morgan fingerprint density at radius 2 is 2.00 bits per heavy atom. The molecule has 1 aromatic carbocycles. The third kappa shape index (κ3) is 3.89. The number of carbonyl (C=O) groups is 1. The van der Waals surface area contributed by atoms with E-state index in [1.54, 1.807) is 0 Å². The summed E-state index contributed by atoms with van der Waals surface area (Å²) in [6.45, 7) is 2.93. The molecule has 0 bridgehead atoms. The molecule has 0 saturated carbocycles. The molecule has 3 heteroatoms. The molecule has 0 spiro atoms. The second-order valence-electron chi connectivity index (χ2n) is 3.71. The topological polar surface area (TPSA) is 20.3 Å². The van der Waals surface area contributed by atoms with Crippen LogP contribution in [0.15, 0.2) is 30.3 Å². The van der Waals surface area contributed by atoms with Crippen molar-refractivity contribution in [1.82, 2.24) is 0 Å². The predicted octanol–water partition coefficient (Wildman–Crippen LogP) is 3.14. The minimum atomic E-state index is 0.162. The van der Waals surface area contributed by atoms with E-state index in [1.807, 2.05) is 35.2 Å². The number of amides is 1. The van der Waals surface area contributed by atoms with Gasteiger partial charge in [0.05, 0.1) is 0 Å². The normalized spacial score (nSPS) is 10.1. The molecule has 0 aromatic heterocycles. The molecule has 0 atom stereocenters. The van der Waals surface area contributed by atoms with Gasteiger partial charge in [-0.2, -0.15) is 12.6 Å². The van der Waals surface area contributed by atoms with Crippen LogP contribution in [0.3, 0.4) is 0 Å². The monoisotopic (exact) mass is 237 g/mol. The number of para-hydroxylation sites is 1. The molecule has 0 N–H and O–H groups in total. The number of anilines is 1. The fourth-order valence-corrected chi connectivity index (χ4v) is 1.74. The maximum absolute atomic E-state index is 11.9. The molecule has 0 aliphatic carbocycles. The Kier molecular flexibility index (Phi) is 6.01. The van der Waals surface area contributed by atoms with Crippen LogP contribution in [0.4, 0.5) is 5.69 Å². The Balaban J connectivity index is 2.74. The Labute approximate surface area is 103 Å². The Morgan fingerprint density at radius 3 is 2.56 bits per heavy atom. The summed E-state index contributed by atoms with van der Waals surface area (Å²) >= 11 is 4.11. The van der Waals surface area contributed by atoms with Gasteiger partial charge in [0.2, 0.25) is 5.91 Å². The summed E-state index contributed by atoms with van der Waals surface area (Å²) in [5, 5.41) is 0. The summed E-state index contributed by atoms with van der Waals surface area (Å²) in [7, 11) is 0. The number of unbranched alkanes of at least 4 members (excludes halogenated alkanes) is 1. The molecule has 1 rings (SSSR count). The van der Waals surface area contributed by atoms with Crippen molar-refractivity contribution in [2.24, 2.45) is 0 Å². The molecule has 2 nitrogen and oxygen atoms in total. The van der Waals surface area contributed by atoms with Gasteiger partial charge in [0, 0.05) is 18.7 Å². The van der Waals surface area contributed by atoms with E-state index < -0.39 is 0 Å². The minimum absolute atomic E-state index is 0.162. The van der Waals surface area contributed by atoms with Gasteiger partial charge >= 0.3 is 0 Å². The maximum atomic E-state index is 11.9. The zero-order valence-electron chi connectivity index (χ0n) is 9.72. The van der Waals surface area contributed by atoms with Crippen molar-refractivity contribution in [2.75, 3.05) is 17.2 Å². The first-order valence-electron chi connectivity index (χ1n) is 5.76. The lowest BCUT2D eigenvalue weighted by molar-refractivity contribution is -0.118. The van der Waals surface area contributed by atoms with Crippen molar-refractivity contribution in [3.8, 4) is 0 Å². The summed E-state index contributed by atoms with van der Waals surface area (Å²) in [6, 6.07) is 9.84. The third-order valence-electron chi connectivity index (χ3n) is 2.43. The molecule has 0 aliphatic rings. The molecule has 88 valence electrons. The van der Waals surface area contributed by atoms with E-state index in [2.05, 4.69) is 19.6 Å². The van der Waals surface area contributed by atoms with E-state index in [1.165, 1.54) is 0 Å². The average Bonchev–Trinajstić information content (AvgIpc) is 2.31. The molecule has 0 unspecified atom stereocenters. The summed E-state index contributed by atoms with van der Waals surface area (Å²) in [6.07, 6.45) is 2.63. The molecule has 1 amide bonds. The zero-order valence-corrected chi connectivity index (χ0v) is 10.6. The lowest BCUT2D eigenvalue weighted by Crippen LogP contribution is -2.31. The van der Waals surface area contributed by atoms with Crippen molar-refractivity contribution >= 4 is 24.2 Å². The van der Waals surface area contributed by atoms with E-state index in [4.69, 9.17) is 0 Å². The van der Waals surface area contributed by atoms with Crippen molar-refractivity contribution in [1.29, 1.82) is 0 Å². The van der Waals surface area contributed by atoms with E-state index in [0.29, 0.717) is 12.2 Å². The Morgan fingerprint density at radius 1 is 1.31 bits per heavy atom. The number of thiol groups is 1. The van der Waals surface area contributed by atoms with Gasteiger partial charge in [0.25, 0.3) is 0 Å². The van der Waals surface area contributed by atoms with E-state index in [-0.39, 0.29) is 5.91 Å². The van der Waals surface area contributed by atoms with E-state index in [9.17, 15) is 4.79 Å². The first-order chi connectivity index (χ1) is 7.79. The van der Waals surface area contributed by atoms with Crippen LogP contribution in [0.2, 0.25) is 0 Å². The molecule has 0 radical (unpaired) electrons. The SMILES string of the molecule is CCCCN(C(=O)CCS)c1ccccc1. The van der Waals surface area contributed by atoms with Crippen LogP contribution in [0, 0.1) is 0 Å². The molecule has 0 heterocycles. The van der Waals surface area contributed by atoms with Crippen molar-refractivity contribution in [2.45, 2.75) is 26.2 Å². The minimum Gasteiger partial charge on any atom is -0.312 e.